The van der Waals surface area contributed by atoms with Gasteiger partial charge in [-0.05, 0) is 12.1 Å². The molecule has 1 aromatic heterocycles. The van der Waals surface area contributed by atoms with E-state index in [0.29, 0.717) is 36.2 Å². The SMILES string of the molecule is COc1cc(OC)c2c([nH]c3c4c(ccc32)OCCO4)c1OC. The molecule has 4 rings (SSSR count). The summed E-state index contributed by atoms with van der Waals surface area (Å²) in [5, 5.41) is 1.92. The van der Waals surface area contributed by atoms with Crippen molar-refractivity contribution in [2.75, 3.05) is 34.5 Å². The highest BCUT2D eigenvalue weighted by molar-refractivity contribution is 6.15. The number of hydrogen-bond donors (Lipinski definition) is 1. The number of aromatic amines is 1. The number of aromatic nitrogens is 1. The number of nitrogens with one attached hydrogen (secondary N) is 1. The van der Waals surface area contributed by atoms with Crippen LogP contribution in [-0.2, 0) is 0 Å². The molecule has 0 amide bonds. The van der Waals surface area contributed by atoms with Gasteiger partial charge in [0.05, 0.1) is 37.7 Å². The van der Waals surface area contributed by atoms with E-state index in [1.807, 2.05) is 18.2 Å². The average Bonchev–Trinajstić information content (AvgIpc) is 3.00. The molecule has 120 valence electrons. The fraction of sp³-hybridized carbons (Fsp3) is 0.294. The van der Waals surface area contributed by atoms with Crippen molar-refractivity contribution in [3.63, 3.8) is 0 Å². The highest BCUT2D eigenvalue weighted by atomic mass is 16.6. The van der Waals surface area contributed by atoms with E-state index >= 15 is 0 Å². The maximum Gasteiger partial charge on any atom is 0.185 e. The molecule has 6 heteroatoms. The van der Waals surface area contributed by atoms with Crippen molar-refractivity contribution in [2.45, 2.75) is 0 Å². The molecule has 1 aliphatic rings. The molecule has 0 atom stereocenters. The molecule has 1 N–H and O–H groups in total. The minimum Gasteiger partial charge on any atom is -0.496 e. The third-order valence-corrected chi connectivity index (χ3v) is 4.08. The van der Waals surface area contributed by atoms with E-state index < -0.39 is 0 Å². The van der Waals surface area contributed by atoms with Crippen LogP contribution >= 0.6 is 0 Å². The van der Waals surface area contributed by atoms with Crippen molar-refractivity contribution < 1.29 is 23.7 Å². The van der Waals surface area contributed by atoms with E-state index in [2.05, 4.69) is 4.98 Å². The van der Waals surface area contributed by atoms with Crippen molar-refractivity contribution in [2.24, 2.45) is 0 Å². The summed E-state index contributed by atoms with van der Waals surface area (Å²) in [5.41, 5.74) is 1.67. The molecule has 3 aromatic rings. The third-order valence-electron chi connectivity index (χ3n) is 4.08. The Morgan fingerprint density at radius 2 is 1.70 bits per heavy atom. The van der Waals surface area contributed by atoms with Gasteiger partial charge in [-0.25, -0.2) is 0 Å². The van der Waals surface area contributed by atoms with Gasteiger partial charge < -0.3 is 28.7 Å². The van der Waals surface area contributed by atoms with E-state index in [0.717, 1.165) is 27.6 Å². The number of methoxy groups -OCH3 is 3. The van der Waals surface area contributed by atoms with Crippen LogP contribution in [-0.4, -0.2) is 39.5 Å². The third kappa shape index (κ3) is 1.87. The molecule has 2 heterocycles. The van der Waals surface area contributed by atoms with Gasteiger partial charge in [0.15, 0.2) is 23.0 Å². The van der Waals surface area contributed by atoms with Crippen LogP contribution in [0.1, 0.15) is 0 Å². The number of rotatable bonds is 3. The quantitative estimate of drug-likeness (QED) is 0.804. The summed E-state index contributed by atoms with van der Waals surface area (Å²) < 4.78 is 28.0. The van der Waals surface area contributed by atoms with E-state index in [-0.39, 0.29) is 0 Å². The smallest absolute Gasteiger partial charge is 0.185 e. The molecule has 6 nitrogen and oxygen atoms in total. The molecular formula is C17H17NO5. The Kier molecular flexibility index (Phi) is 3.11. The second-order valence-electron chi connectivity index (χ2n) is 5.20. The number of hydrogen-bond acceptors (Lipinski definition) is 5. The van der Waals surface area contributed by atoms with Crippen LogP contribution in [0, 0.1) is 0 Å². The fourth-order valence-electron chi connectivity index (χ4n) is 3.09. The van der Waals surface area contributed by atoms with E-state index in [4.69, 9.17) is 23.7 Å². The normalized spacial score (nSPS) is 13.3. The highest BCUT2D eigenvalue weighted by Crippen LogP contribution is 2.48. The lowest BCUT2D eigenvalue weighted by atomic mass is 10.1. The summed E-state index contributed by atoms with van der Waals surface area (Å²) >= 11 is 0. The predicted octanol–water partition coefficient (Wildman–Crippen LogP) is 3.12. The zero-order chi connectivity index (χ0) is 16.0. The molecule has 23 heavy (non-hydrogen) atoms. The molecular weight excluding hydrogens is 298 g/mol. The largest absolute Gasteiger partial charge is 0.496 e. The molecule has 0 saturated carbocycles. The Morgan fingerprint density at radius 3 is 2.43 bits per heavy atom. The first-order chi connectivity index (χ1) is 11.3. The summed E-state index contributed by atoms with van der Waals surface area (Å²) in [6.07, 6.45) is 0. The maximum absolute atomic E-state index is 5.80. The molecule has 0 saturated heterocycles. The van der Waals surface area contributed by atoms with Gasteiger partial charge in [-0.15, -0.1) is 0 Å². The van der Waals surface area contributed by atoms with Crippen LogP contribution in [0.5, 0.6) is 28.7 Å². The summed E-state index contributed by atoms with van der Waals surface area (Å²) in [6, 6.07) is 5.74. The topological polar surface area (TPSA) is 61.9 Å². The minimum atomic E-state index is 0.527. The predicted molar refractivity (Wildman–Crippen MR) is 86.5 cm³/mol. The summed E-state index contributed by atoms with van der Waals surface area (Å²) in [4.78, 5) is 3.39. The Labute approximate surface area is 132 Å². The second-order valence-corrected chi connectivity index (χ2v) is 5.20. The zero-order valence-electron chi connectivity index (χ0n) is 13.2. The summed E-state index contributed by atoms with van der Waals surface area (Å²) in [7, 11) is 4.85. The first kappa shape index (κ1) is 13.9. The van der Waals surface area contributed by atoms with Crippen LogP contribution in [0.25, 0.3) is 21.8 Å². The molecule has 0 radical (unpaired) electrons. The van der Waals surface area contributed by atoms with Crippen molar-refractivity contribution in [3.05, 3.63) is 18.2 Å². The second kappa shape index (κ2) is 5.15. The van der Waals surface area contributed by atoms with Gasteiger partial charge in [0, 0.05) is 11.5 Å². The average molecular weight is 315 g/mol. The fourth-order valence-corrected chi connectivity index (χ4v) is 3.09. The van der Waals surface area contributed by atoms with Gasteiger partial charge in [-0.2, -0.15) is 0 Å². The van der Waals surface area contributed by atoms with Crippen LogP contribution < -0.4 is 23.7 Å². The van der Waals surface area contributed by atoms with Gasteiger partial charge in [0.2, 0.25) is 0 Å². The lowest BCUT2D eigenvalue weighted by Crippen LogP contribution is -2.15. The van der Waals surface area contributed by atoms with Gasteiger partial charge in [-0.1, -0.05) is 0 Å². The van der Waals surface area contributed by atoms with Gasteiger partial charge in [0.25, 0.3) is 0 Å². The molecule has 0 fully saturated rings. The highest BCUT2D eigenvalue weighted by Gasteiger charge is 2.23. The van der Waals surface area contributed by atoms with Crippen molar-refractivity contribution in [3.8, 4) is 28.7 Å². The molecule has 0 aliphatic carbocycles. The molecule has 0 spiro atoms. The summed E-state index contributed by atoms with van der Waals surface area (Å²) in [6.45, 7) is 1.08. The number of fused-ring (bicyclic) bond motifs is 5. The Bertz CT molecular complexity index is 899. The lowest BCUT2D eigenvalue weighted by Gasteiger charge is -2.18. The first-order valence-electron chi connectivity index (χ1n) is 7.31. The Balaban J connectivity index is 2.15. The minimum absolute atomic E-state index is 0.527. The standard InChI is InChI=1S/C17H17NO5/c1-19-11-8-12(20-2)16(21-3)15-13(11)9-4-5-10-17(14(9)18-15)23-7-6-22-10/h4-5,8,18H,6-7H2,1-3H3. The zero-order valence-corrected chi connectivity index (χ0v) is 13.2. The van der Waals surface area contributed by atoms with Crippen LogP contribution in [0.4, 0.5) is 0 Å². The van der Waals surface area contributed by atoms with E-state index in [1.165, 1.54) is 0 Å². The first-order valence-corrected chi connectivity index (χ1v) is 7.31. The van der Waals surface area contributed by atoms with Crippen molar-refractivity contribution >= 4 is 21.8 Å². The monoisotopic (exact) mass is 315 g/mol. The number of H-pyrrole nitrogens is 1. The van der Waals surface area contributed by atoms with Gasteiger partial charge in [-0.3, -0.25) is 0 Å². The Morgan fingerprint density at radius 1 is 0.913 bits per heavy atom. The number of ether oxygens (including phenoxy) is 5. The molecule has 1 aliphatic heterocycles. The van der Waals surface area contributed by atoms with Crippen LogP contribution in [0.2, 0.25) is 0 Å². The van der Waals surface area contributed by atoms with Gasteiger partial charge >= 0.3 is 0 Å². The van der Waals surface area contributed by atoms with Crippen molar-refractivity contribution in [1.29, 1.82) is 0 Å². The van der Waals surface area contributed by atoms with Crippen molar-refractivity contribution in [1.82, 2.24) is 4.98 Å². The lowest BCUT2D eigenvalue weighted by molar-refractivity contribution is 0.173. The molecule has 0 unspecified atom stereocenters. The maximum atomic E-state index is 5.80. The molecule has 2 aromatic carbocycles. The van der Waals surface area contributed by atoms with Gasteiger partial charge in [0.1, 0.15) is 19.0 Å². The van der Waals surface area contributed by atoms with E-state index in [9.17, 15) is 0 Å². The van der Waals surface area contributed by atoms with E-state index in [1.54, 1.807) is 21.3 Å². The molecule has 0 bridgehead atoms. The number of benzene rings is 2. The summed E-state index contributed by atoms with van der Waals surface area (Å²) in [5.74, 6) is 3.40. The Hall–Kier alpha value is -2.76. The van der Waals surface area contributed by atoms with Crippen LogP contribution in [0.15, 0.2) is 18.2 Å². The van der Waals surface area contributed by atoms with Crippen LogP contribution in [0.3, 0.4) is 0 Å².